The van der Waals surface area contributed by atoms with E-state index in [1.165, 1.54) is 16.7 Å². The van der Waals surface area contributed by atoms with Crippen LogP contribution >= 0.6 is 0 Å². The van der Waals surface area contributed by atoms with E-state index in [1.807, 2.05) is 44.4 Å². The van der Waals surface area contributed by atoms with Gasteiger partial charge in [0.15, 0.2) is 0 Å². The lowest BCUT2D eigenvalue weighted by atomic mass is 10.1. The zero-order valence-electron chi connectivity index (χ0n) is 14.5. The molecule has 0 heterocycles. The van der Waals surface area contributed by atoms with Gasteiger partial charge >= 0.3 is 0 Å². The minimum Gasteiger partial charge on any atom is -0.340 e. The zero-order valence-corrected chi connectivity index (χ0v) is 14.5. The molecule has 0 aliphatic rings. The average Bonchev–Trinajstić information content (AvgIpc) is 2.56. The first-order chi connectivity index (χ1) is 11.0. The van der Waals surface area contributed by atoms with Gasteiger partial charge in [-0.25, -0.2) is 0 Å². The lowest BCUT2D eigenvalue weighted by molar-refractivity contribution is -0.131. The van der Waals surface area contributed by atoms with Crippen LogP contribution in [0.15, 0.2) is 54.6 Å². The second-order valence-electron chi connectivity index (χ2n) is 6.18. The van der Waals surface area contributed by atoms with Crippen molar-refractivity contribution in [3.05, 3.63) is 71.3 Å². The summed E-state index contributed by atoms with van der Waals surface area (Å²) >= 11 is 0. The van der Waals surface area contributed by atoms with Gasteiger partial charge in [-0.15, -0.1) is 0 Å². The van der Waals surface area contributed by atoms with E-state index in [-0.39, 0.29) is 11.9 Å². The van der Waals surface area contributed by atoms with Gasteiger partial charge in [0.25, 0.3) is 0 Å². The van der Waals surface area contributed by atoms with Crippen molar-refractivity contribution in [2.45, 2.75) is 26.4 Å². The molecule has 122 valence electrons. The molecule has 3 nitrogen and oxygen atoms in total. The summed E-state index contributed by atoms with van der Waals surface area (Å²) in [4.78, 5) is 16.4. The molecule has 0 aromatic heterocycles. The summed E-state index contributed by atoms with van der Waals surface area (Å²) in [6.45, 7) is 5.28. The molecule has 0 fully saturated rings. The van der Waals surface area contributed by atoms with E-state index in [0.29, 0.717) is 13.1 Å². The molecule has 0 aliphatic carbocycles. The summed E-state index contributed by atoms with van der Waals surface area (Å²) < 4.78 is 0. The van der Waals surface area contributed by atoms with Gasteiger partial charge in [0.2, 0.25) is 5.91 Å². The van der Waals surface area contributed by atoms with Gasteiger partial charge in [-0.1, -0.05) is 54.6 Å². The van der Waals surface area contributed by atoms with Crippen molar-refractivity contribution in [3.63, 3.8) is 0 Å². The minimum absolute atomic E-state index is 0.138. The summed E-state index contributed by atoms with van der Waals surface area (Å²) in [7, 11) is 3.87. The average molecular weight is 310 g/mol. The summed E-state index contributed by atoms with van der Waals surface area (Å²) in [5.74, 6) is 0.138. The standard InChI is InChI=1S/C20H26N2O/c1-16-10-8-9-13-19(16)14-22(4)20(23)15-21(3)17(2)18-11-6-5-7-12-18/h5-13,17H,14-15H2,1-4H3. The molecule has 1 unspecified atom stereocenters. The third-order valence-corrected chi connectivity index (χ3v) is 4.42. The summed E-state index contributed by atoms with van der Waals surface area (Å²) in [5.41, 5.74) is 3.64. The fourth-order valence-corrected chi connectivity index (χ4v) is 2.59. The first kappa shape index (κ1) is 17.2. The smallest absolute Gasteiger partial charge is 0.236 e. The number of carbonyl (C=O) groups excluding carboxylic acids is 1. The topological polar surface area (TPSA) is 23.6 Å². The molecular weight excluding hydrogens is 284 g/mol. The zero-order chi connectivity index (χ0) is 16.8. The fourth-order valence-electron chi connectivity index (χ4n) is 2.59. The van der Waals surface area contributed by atoms with E-state index >= 15 is 0 Å². The van der Waals surface area contributed by atoms with Crippen LogP contribution in [0.25, 0.3) is 0 Å². The van der Waals surface area contributed by atoms with Gasteiger partial charge in [0.1, 0.15) is 0 Å². The van der Waals surface area contributed by atoms with Gasteiger partial charge in [0.05, 0.1) is 6.54 Å². The van der Waals surface area contributed by atoms with Crippen molar-refractivity contribution in [1.82, 2.24) is 9.80 Å². The Bertz CT molecular complexity index is 639. The number of amides is 1. The van der Waals surface area contributed by atoms with Gasteiger partial charge in [-0.2, -0.15) is 0 Å². The first-order valence-electron chi connectivity index (χ1n) is 8.02. The van der Waals surface area contributed by atoms with Crippen molar-refractivity contribution in [2.24, 2.45) is 0 Å². The third-order valence-electron chi connectivity index (χ3n) is 4.42. The highest BCUT2D eigenvalue weighted by Crippen LogP contribution is 2.18. The van der Waals surface area contributed by atoms with Crippen LogP contribution in [0.5, 0.6) is 0 Å². The molecule has 2 aromatic rings. The van der Waals surface area contributed by atoms with E-state index in [2.05, 4.69) is 43.0 Å². The molecule has 0 bridgehead atoms. The van der Waals surface area contributed by atoms with Crippen LogP contribution in [0.2, 0.25) is 0 Å². The molecular formula is C20H26N2O. The number of aryl methyl sites for hydroxylation is 1. The van der Waals surface area contributed by atoms with Crippen LogP contribution in [0.1, 0.15) is 29.7 Å². The number of rotatable bonds is 6. The van der Waals surface area contributed by atoms with Crippen LogP contribution in [0.4, 0.5) is 0 Å². The van der Waals surface area contributed by atoms with Gasteiger partial charge in [0, 0.05) is 19.6 Å². The lowest BCUT2D eigenvalue weighted by Crippen LogP contribution is -2.37. The number of benzene rings is 2. The second-order valence-corrected chi connectivity index (χ2v) is 6.18. The van der Waals surface area contributed by atoms with Crippen molar-refractivity contribution in [1.29, 1.82) is 0 Å². The quantitative estimate of drug-likeness (QED) is 0.813. The largest absolute Gasteiger partial charge is 0.340 e. The van der Waals surface area contributed by atoms with Gasteiger partial charge < -0.3 is 4.90 Å². The summed E-state index contributed by atoms with van der Waals surface area (Å²) in [5, 5.41) is 0. The molecule has 0 radical (unpaired) electrons. The maximum absolute atomic E-state index is 12.5. The van der Waals surface area contributed by atoms with E-state index in [0.717, 1.165) is 0 Å². The van der Waals surface area contributed by atoms with Crippen molar-refractivity contribution >= 4 is 5.91 Å². The van der Waals surface area contributed by atoms with Crippen LogP contribution in [-0.4, -0.2) is 36.3 Å². The van der Waals surface area contributed by atoms with Crippen LogP contribution < -0.4 is 0 Å². The minimum atomic E-state index is 0.138. The molecule has 1 amide bonds. The number of likely N-dealkylation sites (N-methyl/N-ethyl adjacent to an activating group) is 2. The molecule has 0 spiro atoms. The molecule has 0 N–H and O–H groups in total. The first-order valence-corrected chi connectivity index (χ1v) is 8.02. The van der Waals surface area contributed by atoms with E-state index in [4.69, 9.17) is 0 Å². The number of hydrogen-bond acceptors (Lipinski definition) is 2. The fraction of sp³-hybridized carbons (Fsp3) is 0.350. The number of hydrogen-bond donors (Lipinski definition) is 0. The Labute approximate surface area is 139 Å². The molecule has 0 aliphatic heterocycles. The Balaban J connectivity index is 1.94. The van der Waals surface area contributed by atoms with Crippen molar-refractivity contribution in [2.75, 3.05) is 20.6 Å². The summed E-state index contributed by atoms with van der Waals surface area (Å²) in [6, 6.07) is 18.7. The van der Waals surface area contributed by atoms with Crippen LogP contribution in [0, 0.1) is 6.92 Å². The van der Waals surface area contributed by atoms with Crippen molar-refractivity contribution in [3.8, 4) is 0 Å². The molecule has 0 saturated carbocycles. The van der Waals surface area contributed by atoms with E-state index in [9.17, 15) is 4.79 Å². The molecule has 2 rings (SSSR count). The Kier molecular flexibility index (Phi) is 5.94. The molecule has 23 heavy (non-hydrogen) atoms. The Morgan fingerprint density at radius 1 is 1.00 bits per heavy atom. The highest BCUT2D eigenvalue weighted by molar-refractivity contribution is 5.78. The number of nitrogens with zero attached hydrogens (tertiary/aromatic N) is 2. The second kappa shape index (κ2) is 7.93. The van der Waals surface area contributed by atoms with Crippen LogP contribution in [-0.2, 0) is 11.3 Å². The van der Waals surface area contributed by atoms with E-state index in [1.54, 1.807) is 4.90 Å². The predicted molar refractivity (Wildman–Crippen MR) is 95.1 cm³/mol. The Morgan fingerprint density at radius 3 is 2.26 bits per heavy atom. The normalized spacial score (nSPS) is 12.2. The molecule has 2 aromatic carbocycles. The SMILES string of the molecule is Cc1ccccc1CN(C)C(=O)CN(C)C(C)c1ccccc1. The molecule has 1 atom stereocenters. The highest BCUT2D eigenvalue weighted by Gasteiger charge is 2.17. The molecule has 3 heteroatoms. The molecule has 0 saturated heterocycles. The van der Waals surface area contributed by atoms with E-state index < -0.39 is 0 Å². The summed E-state index contributed by atoms with van der Waals surface area (Å²) in [6.07, 6.45) is 0. The lowest BCUT2D eigenvalue weighted by Gasteiger charge is -2.27. The third kappa shape index (κ3) is 4.67. The van der Waals surface area contributed by atoms with Gasteiger partial charge in [-0.05, 0) is 37.6 Å². The Hall–Kier alpha value is -2.13. The van der Waals surface area contributed by atoms with Crippen LogP contribution in [0.3, 0.4) is 0 Å². The maximum Gasteiger partial charge on any atom is 0.236 e. The van der Waals surface area contributed by atoms with Crippen molar-refractivity contribution < 1.29 is 4.79 Å². The predicted octanol–water partition coefficient (Wildman–Crippen LogP) is 3.65. The Morgan fingerprint density at radius 2 is 1.61 bits per heavy atom. The van der Waals surface area contributed by atoms with Gasteiger partial charge in [-0.3, -0.25) is 9.69 Å². The monoisotopic (exact) mass is 310 g/mol. The maximum atomic E-state index is 12.5. The highest BCUT2D eigenvalue weighted by atomic mass is 16.2. The number of carbonyl (C=O) groups is 1.